The monoisotopic (exact) mass is 368 g/mol. The first kappa shape index (κ1) is 18.4. The molecule has 2 saturated heterocycles. The quantitative estimate of drug-likeness (QED) is 0.829. The van der Waals surface area contributed by atoms with Crippen LogP contribution in [-0.2, 0) is 0 Å². The van der Waals surface area contributed by atoms with E-state index in [4.69, 9.17) is 0 Å². The van der Waals surface area contributed by atoms with Crippen LogP contribution < -0.4 is 4.90 Å². The Morgan fingerprint density at radius 2 is 1.67 bits per heavy atom. The molecule has 0 N–H and O–H groups in total. The normalized spacial score (nSPS) is 22.5. The minimum Gasteiger partial charge on any atom is -0.339 e. The third kappa shape index (κ3) is 4.32. The lowest BCUT2D eigenvalue weighted by Crippen LogP contribution is -2.38. The highest BCUT2D eigenvalue weighted by atomic mass is 15.6. The van der Waals surface area contributed by atoms with Crippen LogP contribution in [0.5, 0.6) is 0 Å². The topological polar surface area (TPSA) is 50.1 Å². The predicted octanol–water partition coefficient (Wildman–Crippen LogP) is 3.25. The van der Waals surface area contributed by atoms with Crippen molar-refractivity contribution < 1.29 is 0 Å². The molecule has 0 unspecified atom stereocenters. The highest BCUT2D eigenvalue weighted by Gasteiger charge is 2.34. The molecule has 27 heavy (non-hydrogen) atoms. The second-order valence-corrected chi connectivity index (χ2v) is 9.40. The van der Waals surface area contributed by atoms with E-state index in [0.717, 1.165) is 36.6 Å². The van der Waals surface area contributed by atoms with Crippen molar-refractivity contribution in [3.05, 3.63) is 30.3 Å². The molecule has 2 fully saturated rings. The van der Waals surface area contributed by atoms with Gasteiger partial charge in [-0.25, -0.2) is 0 Å². The Morgan fingerprint density at radius 1 is 0.963 bits per heavy atom. The molecule has 146 valence electrons. The van der Waals surface area contributed by atoms with Gasteiger partial charge in [0.15, 0.2) is 0 Å². The zero-order valence-electron chi connectivity index (χ0n) is 16.9. The fourth-order valence-electron chi connectivity index (χ4n) is 4.75. The minimum atomic E-state index is 0.396. The lowest BCUT2D eigenvalue weighted by molar-refractivity contribution is 0.203. The molecular weight excluding hydrogens is 336 g/mol. The van der Waals surface area contributed by atoms with E-state index >= 15 is 0 Å². The summed E-state index contributed by atoms with van der Waals surface area (Å²) in [4.78, 5) is 5.03. The zero-order chi connectivity index (χ0) is 18.9. The molecule has 0 radical (unpaired) electrons. The summed E-state index contributed by atoms with van der Waals surface area (Å²) in [5, 5.41) is 12.4. The Kier molecular flexibility index (Phi) is 5.17. The van der Waals surface area contributed by atoms with Crippen molar-refractivity contribution in [2.75, 3.05) is 37.6 Å². The molecule has 2 aliphatic heterocycles. The number of anilines is 1. The van der Waals surface area contributed by atoms with Gasteiger partial charge in [-0.05, 0) is 65.6 Å². The van der Waals surface area contributed by atoms with E-state index in [2.05, 4.69) is 58.2 Å². The van der Waals surface area contributed by atoms with Crippen LogP contribution in [0.2, 0.25) is 0 Å². The van der Waals surface area contributed by atoms with Crippen LogP contribution in [-0.4, -0.2) is 57.8 Å². The molecule has 0 spiro atoms. The van der Waals surface area contributed by atoms with Crippen molar-refractivity contribution in [3.8, 4) is 5.69 Å². The third-order valence-electron chi connectivity index (χ3n) is 5.95. The number of aromatic nitrogens is 4. The number of benzene rings is 1. The number of para-hydroxylation sites is 1. The molecule has 0 saturated carbocycles. The van der Waals surface area contributed by atoms with Crippen LogP contribution in [0.3, 0.4) is 0 Å². The van der Waals surface area contributed by atoms with Crippen molar-refractivity contribution >= 4 is 5.95 Å². The van der Waals surface area contributed by atoms with Crippen LogP contribution in [0.4, 0.5) is 5.95 Å². The van der Waals surface area contributed by atoms with Gasteiger partial charge < -0.3 is 9.80 Å². The average molecular weight is 369 g/mol. The molecule has 1 atom stereocenters. The molecule has 0 aliphatic carbocycles. The number of likely N-dealkylation sites (tertiary alicyclic amines) is 1. The smallest absolute Gasteiger partial charge is 0.250 e. The van der Waals surface area contributed by atoms with Crippen molar-refractivity contribution in [2.45, 2.75) is 40.0 Å². The van der Waals surface area contributed by atoms with Crippen molar-refractivity contribution in [3.63, 3.8) is 0 Å². The zero-order valence-corrected chi connectivity index (χ0v) is 16.9. The number of tetrazole rings is 1. The van der Waals surface area contributed by atoms with Crippen LogP contribution >= 0.6 is 0 Å². The lowest BCUT2D eigenvalue weighted by atomic mass is 9.84. The Labute approximate surface area is 162 Å². The molecular formula is C21H32N6. The average Bonchev–Trinajstić information content (AvgIpc) is 3.31. The Hall–Kier alpha value is -1.95. The molecule has 1 aromatic heterocycles. The van der Waals surface area contributed by atoms with Crippen LogP contribution in [0.1, 0.15) is 40.0 Å². The van der Waals surface area contributed by atoms with E-state index in [1.54, 1.807) is 0 Å². The number of rotatable bonds is 4. The molecule has 1 aromatic carbocycles. The number of hydrogen-bond donors (Lipinski definition) is 0. The standard InChI is InChI=1S/C21H32N6/c1-21(2,3)16-25-12-9-18(15-25)17-10-13-26(14-11-17)20-22-23-24-27(20)19-7-5-4-6-8-19/h4-8,17-18H,9-16H2,1-3H3/t18-/m0/s1. The Morgan fingerprint density at radius 3 is 2.37 bits per heavy atom. The van der Waals surface area contributed by atoms with Crippen LogP contribution in [0.15, 0.2) is 30.3 Å². The predicted molar refractivity (Wildman–Crippen MR) is 108 cm³/mol. The highest BCUT2D eigenvalue weighted by Crippen LogP contribution is 2.34. The van der Waals surface area contributed by atoms with Crippen molar-refractivity contribution in [1.82, 2.24) is 25.1 Å². The van der Waals surface area contributed by atoms with Gasteiger partial charge in [0, 0.05) is 26.2 Å². The molecule has 6 heteroatoms. The second kappa shape index (κ2) is 7.58. The van der Waals surface area contributed by atoms with Gasteiger partial charge in [-0.3, -0.25) is 0 Å². The van der Waals surface area contributed by atoms with E-state index < -0.39 is 0 Å². The minimum absolute atomic E-state index is 0.396. The SMILES string of the molecule is CC(C)(C)CN1CC[C@H](C2CCN(c3nnnn3-c3ccccc3)CC2)C1. The van der Waals surface area contributed by atoms with E-state index in [-0.39, 0.29) is 0 Å². The summed E-state index contributed by atoms with van der Waals surface area (Å²) in [5.41, 5.74) is 1.42. The third-order valence-corrected chi connectivity index (χ3v) is 5.95. The summed E-state index contributed by atoms with van der Waals surface area (Å²) in [6, 6.07) is 10.2. The van der Waals surface area contributed by atoms with Gasteiger partial charge in [0.2, 0.25) is 5.95 Å². The van der Waals surface area contributed by atoms with E-state index in [1.165, 1.54) is 38.9 Å². The Bertz CT molecular complexity index is 727. The van der Waals surface area contributed by atoms with Gasteiger partial charge >= 0.3 is 0 Å². The maximum Gasteiger partial charge on any atom is 0.250 e. The van der Waals surface area contributed by atoms with Gasteiger partial charge in [-0.15, -0.1) is 0 Å². The molecule has 0 amide bonds. The molecule has 0 bridgehead atoms. The largest absolute Gasteiger partial charge is 0.339 e. The summed E-state index contributed by atoms with van der Waals surface area (Å²) in [6.07, 6.45) is 3.86. The summed E-state index contributed by atoms with van der Waals surface area (Å²) in [6.45, 7) is 12.9. The van der Waals surface area contributed by atoms with Gasteiger partial charge in [0.05, 0.1) is 5.69 Å². The number of hydrogen-bond acceptors (Lipinski definition) is 5. The first-order chi connectivity index (χ1) is 13.0. The van der Waals surface area contributed by atoms with Crippen LogP contribution in [0.25, 0.3) is 5.69 Å². The van der Waals surface area contributed by atoms with E-state index in [1.807, 2.05) is 22.9 Å². The van der Waals surface area contributed by atoms with E-state index in [9.17, 15) is 0 Å². The second-order valence-electron chi connectivity index (χ2n) is 9.40. The summed E-state index contributed by atoms with van der Waals surface area (Å²) in [5.74, 6) is 2.58. The van der Waals surface area contributed by atoms with Gasteiger partial charge in [-0.1, -0.05) is 44.1 Å². The van der Waals surface area contributed by atoms with Gasteiger partial charge in [-0.2, -0.15) is 4.68 Å². The summed E-state index contributed by atoms with van der Waals surface area (Å²) >= 11 is 0. The molecule has 3 heterocycles. The fourth-order valence-corrected chi connectivity index (χ4v) is 4.75. The molecule has 4 rings (SSSR count). The summed E-state index contributed by atoms with van der Waals surface area (Å²) < 4.78 is 1.86. The molecule has 2 aromatic rings. The van der Waals surface area contributed by atoms with E-state index in [0.29, 0.717) is 5.41 Å². The van der Waals surface area contributed by atoms with Crippen molar-refractivity contribution in [2.24, 2.45) is 17.3 Å². The number of nitrogens with zero attached hydrogens (tertiary/aromatic N) is 6. The van der Waals surface area contributed by atoms with Crippen LogP contribution in [0, 0.1) is 17.3 Å². The maximum absolute atomic E-state index is 4.31. The maximum atomic E-state index is 4.31. The van der Waals surface area contributed by atoms with Gasteiger partial charge in [0.1, 0.15) is 0 Å². The highest BCUT2D eigenvalue weighted by molar-refractivity contribution is 5.40. The Balaban J connectivity index is 1.35. The number of piperidine rings is 1. The molecule has 6 nitrogen and oxygen atoms in total. The van der Waals surface area contributed by atoms with Gasteiger partial charge in [0.25, 0.3) is 0 Å². The fraction of sp³-hybridized carbons (Fsp3) is 0.667. The first-order valence-corrected chi connectivity index (χ1v) is 10.3. The first-order valence-electron chi connectivity index (χ1n) is 10.3. The molecule has 2 aliphatic rings. The van der Waals surface area contributed by atoms with Crippen molar-refractivity contribution in [1.29, 1.82) is 0 Å². The lowest BCUT2D eigenvalue weighted by Gasteiger charge is -2.35. The summed E-state index contributed by atoms with van der Waals surface area (Å²) in [7, 11) is 0.